The van der Waals surface area contributed by atoms with Gasteiger partial charge in [0, 0.05) is 44.2 Å². The van der Waals surface area contributed by atoms with Crippen molar-refractivity contribution in [1.29, 1.82) is 0 Å². The van der Waals surface area contributed by atoms with Gasteiger partial charge in [-0.3, -0.25) is 19.6 Å². The first-order valence-electron chi connectivity index (χ1n) is 11.8. The number of hydrogen-bond donors (Lipinski definition) is 1. The Hall–Kier alpha value is -3.18. The number of anilines is 1. The number of carbonyl (C=O) groups excluding carboxylic acids is 1. The fourth-order valence-corrected chi connectivity index (χ4v) is 4.53. The molecule has 0 spiro atoms. The van der Waals surface area contributed by atoms with E-state index in [2.05, 4.69) is 9.88 Å². The molecule has 3 aromatic rings. The number of ether oxygens (including phenoxy) is 4. The second kappa shape index (κ2) is 12.4. The van der Waals surface area contributed by atoms with E-state index in [1.807, 2.05) is 12.1 Å². The van der Waals surface area contributed by atoms with Crippen molar-refractivity contribution in [2.24, 2.45) is 5.73 Å². The van der Waals surface area contributed by atoms with E-state index in [-0.39, 0.29) is 16.0 Å². The first kappa shape index (κ1) is 26.9. The number of hydrogen-bond acceptors (Lipinski definition) is 8. The molecule has 1 aliphatic rings. The topological polar surface area (TPSA) is 99.4 Å². The zero-order valence-electron chi connectivity index (χ0n) is 20.7. The van der Waals surface area contributed by atoms with Crippen molar-refractivity contribution >= 4 is 51.4 Å². The molecular weight excluding hydrogens is 516 g/mol. The van der Waals surface area contributed by atoms with Crippen molar-refractivity contribution < 1.29 is 23.7 Å². The maximum atomic E-state index is 11.9. The number of rotatable bonds is 9. The van der Waals surface area contributed by atoms with E-state index in [9.17, 15) is 4.79 Å². The van der Waals surface area contributed by atoms with Crippen molar-refractivity contribution in [1.82, 2.24) is 9.88 Å². The van der Waals surface area contributed by atoms with E-state index in [0.29, 0.717) is 40.8 Å². The van der Waals surface area contributed by atoms with Gasteiger partial charge in [-0.1, -0.05) is 11.6 Å². The van der Waals surface area contributed by atoms with Crippen molar-refractivity contribution in [2.45, 2.75) is 13.3 Å². The Bertz CT molecular complexity index is 1270. The molecule has 1 aromatic heterocycles. The van der Waals surface area contributed by atoms with Crippen LogP contribution in [0, 0.1) is 0 Å². The van der Waals surface area contributed by atoms with Crippen LogP contribution in [0.25, 0.3) is 10.9 Å². The molecule has 0 bridgehead atoms. The molecule has 1 fully saturated rings. The molecule has 2 heterocycles. The van der Waals surface area contributed by atoms with E-state index >= 15 is 0 Å². The fourth-order valence-electron chi connectivity index (χ4n) is 4.08. The monoisotopic (exact) mass is 544 g/mol. The Morgan fingerprint density at radius 3 is 2.62 bits per heavy atom. The lowest BCUT2D eigenvalue weighted by Crippen LogP contribution is -2.39. The number of nitrogens with two attached hydrogens (primary N) is 1. The summed E-state index contributed by atoms with van der Waals surface area (Å²) in [4.78, 5) is 20.0. The summed E-state index contributed by atoms with van der Waals surface area (Å²) in [7, 11) is 1.59. The molecule has 0 unspecified atom stereocenters. The van der Waals surface area contributed by atoms with E-state index < -0.39 is 0 Å². The predicted molar refractivity (Wildman–Crippen MR) is 147 cm³/mol. The molecule has 1 aliphatic heterocycles. The van der Waals surface area contributed by atoms with Gasteiger partial charge in [0.2, 0.25) is 5.91 Å². The lowest BCUT2D eigenvalue weighted by Gasteiger charge is -2.26. The van der Waals surface area contributed by atoms with Crippen LogP contribution in [0.5, 0.6) is 23.0 Å². The Balaban J connectivity index is 1.51. The highest BCUT2D eigenvalue weighted by Gasteiger charge is 2.18. The van der Waals surface area contributed by atoms with Gasteiger partial charge in [-0.25, -0.2) is 0 Å². The smallest absolute Gasteiger partial charge is 0.230 e. The number of halogens is 1. The van der Waals surface area contributed by atoms with Crippen LogP contribution < -0.4 is 24.8 Å². The molecule has 0 saturated carbocycles. The van der Waals surface area contributed by atoms with Crippen molar-refractivity contribution in [3.05, 3.63) is 47.6 Å². The third-order valence-electron chi connectivity index (χ3n) is 5.90. The van der Waals surface area contributed by atoms with Gasteiger partial charge in [0.05, 0.1) is 43.2 Å². The number of carbonyl (C=O) groups is 1. The molecule has 1 amide bonds. The molecule has 0 atom stereocenters. The molecule has 2 N–H and O–H groups in total. The molecule has 4 rings (SSSR count). The first-order valence-corrected chi connectivity index (χ1v) is 12.6. The first-order chi connectivity index (χ1) is 17.9. The maximum Gasteiger partial charge on any atom is 0.230 e. The molecule has 2 aromatic carbocycles. The summed E-state index contributed by atoms with van der Waals surface area (Å²) in [5.74, 6) is 1.81. The standard InChI is InChI=1S/C26H29ClN4O5S/c1-17(32)31(26(28)37)18-4-5-23(20(27)14-18)36-22-6-7-29-21-16-25(24(33-2)15-19(21)22)35-11-3-8-30-9-12-34-13-10-30/h4-7,14-16H,3,8-13H2,1-2H3,(H2,28,37). The molecule has 1 saturated heterocycles. The van der Waals surface area contributed by atoms with Crippen LogP contribution in [-0.4, -0.2) is 67.5 Å². The quantitative estimate of drug-likeness (QED) is 0.310. The number of amides is 1. The van der Waals surface area contributed by atoms with Crippen molar-refractivity contribution in [2.75, 3.05) is 51.5 Å². The van der Waals surface area contributed by atoms with Gasteiger partial charge in [-0.15, -0.1) is 0 Å². The summed E-state index contributed by atoms with van der Waals surface area (Å²) in [6.45, 7) is 6.35. The minimum atomic E-state index is -0.316. The van der Waals surface area contributed by atoms with Gasteiger partial charge in [0.25, 0.3) is 0 Å². The molecule has 11 heteroatoms. The Labute approximate surface area is 226 Å². The highest BCUT2D eigenvalue weighted by molar-refractivity contribution is 7.80. The van der Waals surface area contributed by atoms with Crippen LogP contribution in [0.4, 0.5) is 5.69 Å². The Morgan fingerprint density at radius 1 is 1.16 bits per heavy atom. The SMILES string of the molecule is COc1cc2c(Oc3ccc(N(C(C)=O)C(N)=S)cc3Cl)ccnc2cc1OCCCN1CCOCC1. The average Bonchev–Trinajstić information content (AvgIpc) is 2.88. The third kappa shape index (κ3) is 6.58. The van der Waals surface area contributed by atoms with Crippen LogP contribution in [0.15, 0.2) is 42.6 Å². The van der Waals surface area contributed by atoms with Crippen LogP contribution in [0.3, 0.4) is 0 Å². The maximum absolute atomic E-state index is 11.9. The Morgan fingerprint density at radius 2 is 1.95 bits per heavy atom. The lowest BCUT2D eigenvalue weighted by atomic mass is 10.1. The molecule has 9 nitrogen and oxygen atoms in total. The third-order valence-corrected chi connectivity index (χ3v) is 6.37. The number of methoxy groups -OCH3 is 1. The van der Waals surface area contributed by atoms with Gasteiger partial charge in [0.15, 0.2) is 16.6 Å². The summed E-state index contributed by atoms with van der Waals surface area (Å²) in [5.41, 5.74) is 6.82. The largest absolute Gasteiger partial charge is 0.493 e. The van der Waals surface area contributed by atoms with Gasteiger partial charge >= 0.3 is 0 Å². The fraction of sp³-hybridized carbons (Fsp3) is 0.346. The number of thiocarbonyl (C=S) groups is 1. The lowest BCUT2D eigenvalue weighted by molar-refractivity contribution is -0.115. The van der Waals surface area contributed by atoms with Crippen LogP contribution in [0.1, 0.15) is 13.3 Å². The second-order valence-electron chi connectivity index (χ2n) is 8.39. The molecule has 196 valence electrons. The van der Waals surface area contributed by atoms with Gasteiger partial charge in [0.1, 0.15) is 11.5 Å². The summed E-state index contributed by atoms with van der Waals surface area (Å²) in [6.07, 6.45) is 2.54. The number of benzene rings is 2. The predicted octanol–water partition coefficient (Wildman–Crippen LogP) is 4.39. The van der Waals surface area contributed by atoms with Crippen LogP contribution in [-0.2, 0) is 9.53 Å². The van der Waals surface area contributed by atoms with Gasteiger partial charge < -0.3 is 24.7 Å². The van der Waals surface area contributed by atoms with E-state index in [1.54, 1.807) is 37.6 Å². The summed E-state index contributed by atoms with van der Waals surface area (Å²) in [6, 6.07) is 10.3. The van der Waals surface area contributed by atoms with Gasteiger partial charge in [-0.2, -0.15) is 0 Å². The second-order valence-corrected chi connectivity index (χ2v) is 9.22. The van der Waals surface area contributed by atoms with Gasteiger partial charge in [-0.05, 0) is 49.0 Å². The van der Waals surface area contributed by atoms with E-state index in [4.69, 9.17) is 48.5 Å². The summed E-state index contributed by atoms with van der Waals surface area (Å²) in [5, 5.41) is 0.953. The highest BCUT2D eigenvalue weighted by Crippen LogP contribution is 2.39. The molecular formula is C26H29ClN4O5S. The van der Waals surface area contributed by atoms with Crippen LogP contribution >= 0.6 is 23.8 Å². The van der Waals surface area contributed by atoms with Crippen LogP contribution in [0.2, 0.25) is 5.02 Å². The number of fused-ring (bicyclic) bond motifs is 1. The number of morpholine rings is 1. The number of pyridine rings is 1. The molecule has 0 aliphatic carbocycles. The minimum Gasteiger partial charge on any atom is -0.493 e. The van der Waals surface area contributed by atoms with Crippen molar-refractivity contribution in [3.8, 4) is 23.0 Å². The number of nitrogens with zero attached hydrogens (tertiary/aromatic N) is 3. The van der Waals surface area contributed by atoms with E-state index in [0.717, 1.165) is 44.7 Å². The number of aromatic nitrogens is 1. The Kier molecular flexibility index (Phi) is 8.99. The zero-order valence-corrected chi connectivity index (χ0v) is 22.3. The molecule has 0 radical (unpaired) electrons. The zero-order chi connectivity index (χ0) is 26.4. The summed E-state index contributed by atoms with van der Waals surface area (Å²) >= 11 is 11.5. The minimum absolute atomic E-state index is 0.0661. The van der Waals surface area contributed by atoms with Crippen molar-refractivity contribution in [3.63, 3.8) is 0 Å². The normalized spacial score (nSPS) is 13.8. The highest BCUT2D eigenvalue weighted by atomic mass is 35.5. The van der Waals surface area contributed by atoms with E-state index in [1.165, 1.54) is 11.8 Å². The average molecular weight is 545 g/mol. The summed E-state index contributed by atoms with van der Waals surface area (Å²) < 4.78 is 23.2. The molecule has 37 heavy (non-hydrogen) atoms.